The number of nitrogens with zero attached hydrogens (tertiary/aromatic N) is 2. The van der Waals surface area contributed by atoms with Crippen LogP contribution in [0.25, 0.3) is 0 Å². The number of nitrogens with one attached hydrogen (secondary N) is 1. The number of carboxylic acid groups (broad SMARTS) is 1. The summed E-state index contributed by atoms with van der Waals surface area (Å²) in [6.45, 7) is 4.91. The standard InChI is InChI=1S/C18H22N4O4/c1-11(2)7-16(18(25)26)21-17(24)13(9-19)10-22(12(3)23)15-6-4-5-14(20)8-15/h4-6,8,10-11,16H,7,20H2,1-3H3,(H,21,24)(H,25,26)/b13-10-. The molecule has 138 valence electrons. The molecular weight excluding hydrogens is 336 g/mol. The van der Waals surface area contributed by atoms with Crippen molar-refractivity contribution in [2.45, 2.75) is 33.2 Å². The lowest BCUT2D eigenvalue weighted by Gasteiger charge is -2.19. The Balaban J connectivity index is 3.13. The van der Waals surface area contributed by atoms with E-state index in [1.54, 1.807) is 24.3 Å². The van der Waals surface area contributed by atoms with Crippen molar-refractivity contribution in [1.29, 1.82) is 5.26 Å². The predicted molar refractivity (Wildman–Crippen MR) is 96.7 cm³/mol. The van der Waals surface area contributed by atoms with Crippen LogP contribution in [0.5, 0.6) is 0 Å². The van der Waals surface area contributed by atoms with Crippen molar-refractivity contribution in [2.75, 3.05) is 10.6 Å². The van der Waals surface area contributed by atoms with Crippen LogP contribution < -0.4 is 16.0 Å². The van der Waals surface area contributed by atoms with E-state index in [0.29, 0.717) is 11.4 Å². The third-order valence-corrected chi connectivity index (χ3v) is 3.42. The molecule has 4 N–H and O–H groups in total. The van der Waals surface area contributed by atoms with E-state index in [9.17, 15) is 24.8 Å². The second-order valence-corrected chi connectivity index (χ2v) is 6.13. The number of carbonyl (C=O) groups excluding carboxylic acids is 2. The van der Waals surface area contributed by atoms with Crippen LogP contribution in [0.15, 0.2) is 36.0 Å². The summed E-state index contributed by atoms with van der Waals surface area (Å²) in [5.41, 5.74) is 6.10. The van der Waals surface area contributed by atoms with Gasteiger partial charge in [0, 0.05) is 18.8 Å². The summed E-state index contributed by atoms with van der Waals surface area (Å²) in [4.78, 5) is 36.6. The molecule has 0 aromatic heterocycles. The smallest absolute Gasteiger partial charge is 0.326 e. The number of hydrogen-bond acceptors (Lipinski definition) is 5. The average Bonchev–Trinajstić information content (AvgIpc) is 2.54. The van der Waals surface area contributed by atoms with Crippen molar-refractivity contribution in [3.05, 3.63) is 36.0 Å². The fraction of sp³-hybridized carbons (Fsp3) is 0.333. The lowest BCUT2D eigenvalue weighted by atomic mass is 10.0. The highest BCUT2D eigenvalue weighted by Crippen LogP contribution is 2.19. The van der Waals surface area contributed by atoms with E-state index in [4.69, 9.17) is 5.73 Å². The highest BCUT2D eigenvalue weighted by molar-refractivity contribution is 6.02. The molecule has 8 heteroatoms. The van der Waals surface area contributed by atoms with E-state index < -0.39 is 29.4 Å². The predicted octanol–water partition coefficient (Wildman–Crippen LogP) is 1.64. The van der Waals surface area contributed by atoms with Gasteiger partial charge in [-0.15, -0.1) is 0 Å². The number of amides is 2. The molecular formula is C18H22N4O4. The van der Waals surface area contributed by atoms with Crippen LogP contribution in [0.2, 0.25) is 0 Å². The number of nitrogens with two attached hydrogens (primary N) is 1. The van der Waals surface area contributed by atoms with E-state index in [0.717, 1.165) is 11.1 Å². The molecule has 8 nitrogen and oxygen atoms in total. The minimum atomic E-state index is -1.19. The normalized spacial score (nSPS) is 12.2. The van der Waals surface area contributed by atoms with Gasteiger partial charge in [-0.05, 0) is 30.5 Å². The maximum absolute atomic E-state index is 12.3. The van der Waals surface area contributed by atoms with Gasteiger partial charge >= 0.3 is 5.97 Å². The van der Waals surface area contributed by atoms with Crippen LogP contribution in [0.1, 0.15) is 27.2 Å². The van der Waals surface area contributed by atoms with Gasteiger partial charge in [0.25, 0.3) is 5.91 Å². The van der Waals surface area contributed by atoms with Crippen molar-refractivity contribution in [3.8, 4) is 6.07 Å². The first-order valence-corrected chi connectivity index (χ1v) is 7.96. The van der Waals surface area contributed by atoms with Gasteiger partial charge in [0.1, 0.15) is 17.7 Å². The van der Waals surface area contributed by atoms with E-state index in [2.05, 4.69) is 5.32 Å². The third-order valence-electron chi connectivity index (χ3n) is 3.42. The van der Waals surface area contributed by atoms with Crippen LogP contribution in [-0.2, 0) is 14.4 Å². The van der Waals surface area contributed by atoms with Gasteiger partial charge in [0.2, 0.25) is 5.91 Å². The zero-order valence-electron chi connectivity index (χ0n) is 14.9. The number of anilines is 2. The molecule has 1 aromatic rings. The van der Waals surface area contributed by atoms with E-state index >= 15 is 0 Å². The van der Waals surface area contributed by atoms with E-state index in [1.165, 1.54) is 13.0 Å². The fourth-order valence-corrected chi connectivity index (χ4v) is 2.22. The summed E-state index contributed by atoms with van der Waals surface area (Å²) in [5.74, 6) is -2.46. The van der Waals surface area contributed by atoms with Crippen molar-refractivity contribution in [3.63, 3.8) is 0 Å². The van der Waals surface area contributed by atoms with Crippen LogP contribution in [0.3, 0.4) is 0 Å². The summed E-state index contributed by atoms with van der Waals surface area (Å²) >= 11 is 0. The minimum absolute atomic E-state index is 0.0342. The Morgan fingerprint density at radius 2 is 2.04 bits per heavy atom. The molecule has 1 aromatic carbocycles. The SMILES string of the molecule is CC(=O)N(/C=C(/C#N)C(=O)NC(CC(C)C)C(=O)O)c1cccc(N)c1. The number of rotatable bonds is 7. The Kier molecular flexibility index (Phi) is 7.34. The quantitative estimate of drug-likeness (QED) is 0.385. The summed E-state index contributed by atoms with van der Waals surface area (Å²) in [6.07, 6.45) is 1.28. The number of aliphatic carboxylic acids is 1. The lowest BCUT2D eigenvalue weighted by molar-refractivity contribution is -0.141. The zero-order chi connectivity index (χ0) is 19.9. The molecule has 0 bridgehead atoms. The van der Waals surface area contributed by atoms with Crippen LogP contribution in [-0.4, -0.2) is 28.9 Å². The summed E-state index contributed by atoms with van der Waals surface area (Å²) in [6, 6.07) is 6.95. The minimum Gasteiger partial charge on any atom is -0.480 e. The molecule has 0 aliphatic rings. The van der Waals surface area contributed by atoms with E-state index in [1.807, 2.05) is 13.8 Å². The molecule has 0 aliphatic carbocycles. The number of benzene rings is 1. The Hall–Kier alpha value is -3.34. The molecule has 1 rings (SSSR count). The highest BCUT2D eigenvalue weighted by Gasteiger charge is 2.23. The molecule has 0 aliphatic heterocycles. The maximum atomic E-state index is 12.3. The van der Waals surface area contributed by atoms with Crippen molar-refractivity contribution in [1.82, 2.24) is 5.32 Å². The Morgan fingerprint density at radius 1 is 1.38 bits per heavy atom. The van der Waals surface area contributed by atoms with Gasteiger partial charge in [-0.2, -0.15) is 5.26 Å². The number of hydrogen-bond donors (Lipinski definition) is 3. The largest absolute Gasteiger partial charge is 0.480 e. The van der Waals surface area contributed by atoms with Crippen LogP contribution >= 0.6 is 0 Å². The lowest BCUT2D eigenvalue weighted by Crippen LogP contribution is -2.42. The van der Waals surface area contributed by atoms with Gasteiger partial charge in [0.15, 0.2) is 0 Å². The van der Waals surface area contributed by atoms with Gasteiger partial charge in [0.05, 0.1) is 5.69 Å². The third kappa shape index (κ3) is 5.94. The molecule has 2 amide bonds. The second kappa shape index (κ2) is 9.22. The van der Waals surface area contributed by atoms with Gasteiger partial charge in [-0.25, -0.2) is 4.79 Å². The molecule has 0 heterocycles. The maximum Gasteiger partial charge on any atom is 0.326 e. The zero-order valence-corrected chi connectivity index (χ0v) is 14.9. The highest BCUT2D eigenvalue weighted by atomic mass is 16.4. The average molecular weight is 358 g/mol. The molecule has 0 fully saturated rings. The number of carboxylic acids is 1. The molecule has 1 unspecified atom stereocenters. The van der Waals surface area contributed by atoms with Gasteiger partial charge < -0.3 is 16.2 Å². The second-order valence-electron chi connectivity index (χ2n) is 6.13. The Labute approximate surface area is 151 Å². The number of nitriles is 1. The molecule has 0 radical (unpaired) electrons. The fourth-order valence-electron chi connectivity index (χ4n) is 2.22. The molecule has 26 heavy (non-hydrogen) atoms. The van der Waals surface area contributed by atoms with Crippen molar-refractivity contribution < 1.29 is 19.5 Å². The van der Waals surface area contributed by atoms with Gasteiger partial charge in [-0.1, -0.05) is 19.9 Å². The summed E-state index contributed by atoms with van der Waals surface area (Å²) < 4.78 is 0. The molecule has 0 spiro atoms. The van der Waals surface area contributed by atoms with Gasteiger partial charge in [-0.3, -0.25) is 14.5 Å². The monoisotopic (exact) mass is 358 g/mol. The van der Waals surface area contributed by atoms with E-state index in [-0.39, 0.29) is 12.3 Å². The first-order chi connectivity index (χ1) is 12.1. The Bertz CT molecular complexity index is 765. The topological polar surface area (TPSA) is 137 Å². The first kappa shape index (κ1) is 20.7. The molecule has 0 saturated heterocycles. The first-order valence-electron chi connectivity index (χ1n) is 7.96. The number of carbonyl (C=O) groups is 3. The molecule has 1 atom stereocenters. The summed E-state index contributed by atoms with van der Waals surface area (Å²) in [5, 5.41) is 20.8. The Morgan fingerprint density at radius 3 is 2.50 bits per heavy atom. The molecule has 0 saturated carbocycles. The number of nitrogen functional groups attached to an aromatic ring is 1. The van der Waals surface area contributed by atoms with Crippen LogP contribution in [0.4, 0.5) is 11.4 Å². The van der Waals surface area contributed by atoms with Crippen LogP contribution in [0, 0.1) is 17.2 Å². The summed E-state index contributed by atoms with van der Waals surface area (Å²) in [7, 11) is 0. The van der Waals surface area contributed by atoms with Crippen molar-refractivity contribution in [2.24, 2.45) is 5.92 Å². The van der Waals surface area contributed by atoms with Crippen molar-refractivity contribution >= 4 is 29.2 Å².